The number of hydrogen-bond acceptors (Lipinski definition) is 6. The predicted molar refractivity (Wildman–Crippen MR) is 103 cm³/mol. The van der Waals surface area contributed by atoms with E-state index in [1.165, 1.54) is 0 Å². The Bertz CT molecular complexity index is 765. The van der Waals surface area contributed by atoms with Crippen LogP contribution >= 0.6 is 11.3 Å². The maximum Gasteiger partial charge on any atom is 0.251 e. The molecule has 0 radical (unpaired) electrons. The van der Waals surface area contributed by atoms with Crippen molar-refractivity contribution in [1.82, 2.24) is 24.8 Å². The summed E-state index contributed by atoms with van der Waals surface area (Å²) in [5.41, 5.74) is -0.471. The van der Waals surface area contributed by atoms with E-state index in [1.54, 1.807) is 11.3 Å². The zero-order valence-electron chi connectivity index (χ0n) is 15.9. The van der Waals surface area contributed by atoms with Crippen LogP contribution in [0.25, 0.3) is 0 Å². The van der Waals surface area contributed by atoms with E-state index in [0.717, 1.165) is 43.3 Å². The van der Waals surface area contributed by atoms with E-state index in [4.69, 9.17) is 4.74 Å². The standard InChI is InChI=1S/C19H27N5O2S/c1-14(2)11-22-17(25)15-12-24-9-5-21-18(24)19(26-15)3-7-23(8-4-19)13-16-20-6-10-27-16/h5-6,9-10,14-15H,3-4,7-8,11-13H2,1-2H3,(H,22,25)/t15-/m1/s1. The van der Waals surface area contributed by atoms with Crippen molar-refractivity contribution in [2.24, 2.45) is 5.92 Å². The number of likely N-dealkylation sites (tertiary alicyclic amines) is 1. The number of hydrogen-bond donors (Lipinski definition) is 1. The number of ether oxygens (including phenoxy) is 1. The van der Waals surface area contributed by atoms with E-state index in [1.807, 2.05) is 24.0 Å². The van der Waals surface area contributed by atoms with Gasteiger partial charge in [0.1, 0.15) is 16.4 Å². The lowest BCUT2D eigenvalue weighted by atomic mass is 9.88. The number of nitrogens with one attached hydrogen (secondary N) is 1. The van der Waals surface area contributed by atoms with Gasteiger partial charge in [-0.3, -0.25) is 9.69 Å². The molecule has 2 aliphatic heterocycles. The van der Waals surface area contributed by atoms with Crippen LogP contribution in [0.15, 0.2) is 24.0 Å². The highest BCUT2D eigenvalue weighted by Crippen LogP contribution is 2.40. The van der Waals surface area contributed by atoms with Gasteiger partial charge in [-0.05, 0) is 18.8 Å². The van der Waals surface area contributed by atoms with Gasteiger partial charge in [-0.2, -0.15) is 0 Å². The summed E-state index contributed by atoms with van der Waals surface area (Å²) in [5.74, 6) is 1.36. The van der Waals surface area contributed by atoms with Crippen molar-refractivity contribution in [3.05, 3.63) is 34.8 Å². The number of thiazole rings is 1. The molecule has 1 spiro atoms. The number of rotatable bonds is 5. The van der Waals surface area contributed by atoms with Crippen molar-refractivity contribution in [2.45, 2.75) is 51.5 Å². The molecular weight excluding hydrogens is 362 g/mol. The van der Waals surface area contributed by atoms with Gasteiger partial charge in [0.25, 0.3) is 5.91 Å². The zero-order valence-corrected chi connectivity index (χ0v) is 16.7. The van der Waals surface area contributed by atoms with Gasteiger partial charge in [-0.1, -0.05) is 13.8 Å². The highest BCUT2D eigenvalue weighted by Gasteiger charge is 2.47. The fourth-order valence-corrected chi connectivity index (χ4v) is 4.55. The van der Waals surface area contributed by atoms with Crippen LogP contribution in [0, 0.1) is 5.92 Å². The summed E-state index contributed by atoms with van der Waals surface area (Å²) in [5, 5.41) is 6.18. The summed E-state index contributed by atoms with van der Waals surface area (Å²) >= 11 is 1.69. The Balaban J connectivity index is 1.46. The van der Waals surface area contributed by atoms with E-state index in [0.29, 0.717) is 19.0 Å². The third-order valence-electron chi connectivity index (χ3n) is 5.34. The van der Waals surface area contributed by atoms with Gasteiger partial charge in [-0.25, -0.2) is 9.97 Å². The van der Waals surface area contributed by atoms with Gasteiger partial charge in [-0.15, -0.1) is 11.3 Å². The minimum absolute atomic E-state index is 0.0207. The number of aromatic nitrogens is 3. The van der Waals surface area contributed by atoms with E-state index < -0.39 is 11.7 Å². The molecule has 2 aliphatic rings. The summed E-state index contributed by atoms with van der Waals surface area (Å²) < 4.78 is 8.54. The van der Waals surface area contributed by atoms with E-state index >= 15 is 0 Å². The molecule has 0 aliphatic carbocycles. The van der Waals surface area contributed by atoms with Crippen LogP contribution in [0.5, 0.6) is 0 Å². The monoisotopic (exact) mass is 389 g/mol. The number of piperidine rings is 1. The molecule has 2 aromatic rings. The molecule has 4 heterocycles. The van der Waals surface area contributed by atoms with E-state index in [-0.39, 0.29) is 5.91 Å². The Morgan fingerprint density at radius 2 is 2.19 bits per heavy atom. The van der Waals surface area contributed by atoms with Crippen LogP contribution in [0.2, 0.25) is 0 Å². The second-order valence-electron chi connectivity index (χ2n) is 7.84. The van der Waals surface area contributed by atoms with Crippen molar-refractivity contribution in [3.8, 4) is 0 Å². The van der Waals surface area contributed by atoms with Crippen LogP contribution in [-0.2, 0) is 28.2 Å². The molecule has 1 saturated heterocycles. The van der Waals surface area contributed by atoms with Crippen LogP contribution in [0.1, 0.15) is 37.5 Å². The van der Waals surface area contributed by atoms with Crippen molar-refractivity contribution in [3.63, 3.8) is 0 Å². The van der Waals surface area contributed by atoms with Gasteiger partial charge in [0.15, 0.2) is 6.10 Å². The highest BCUT2D eigenvalue weighted by molar-refractivity contribution is 7.09. The summed E-state index contributed by atoms with van der Waals surface area (Å²) in [7, 11) is 0. The largest absolute Gasteiger partial charge is 0.354 e. The maximum absolute atomic E-state index is 12.6. The molecule has 0 bridgehead atoms. The molecule has 2 aromatic heterocycles. The Labute approximate surface area is 163 Å². The number of carbonyl (C=O) groups excluding carboxylic acids is 1. The molecule has 0 unspecified atom stereocenters. The lowest BCUT2D eigenvalue weighted by molar-refractivity contribution is -0.174. The molecule has 4 rings (SSSR count). The third kappa shape index (κ3) is 3.93. The predicted octanol–water partition coefficient (Wildman–Crippen LogP) is 2.00. The summed E-state index contributed by atoms with van der Waals surface area (Å²) in [6.07, 6.45) is 6.84. The van der Waals surface area contributed by atoms with Gasteiger partial charge >= 0.3 is 0 Å². The molecule has 8 heteroatoms. The Morgan fingerprint density at radius 3 is 2.89 bits per heavy atom. The third-order valence-corrected chi connectivity index (χ3v) is 6.10. The van der Waals surface area contributed by atoms with Crippen molar-refractivity contribution >= 4 is 17.2 Å². The quantitative estimate of drug-likeness (QED) is 0.847. The number of nitrogens with zero attached hydrogens (tertiary/aromatic N) is 4. The highest BCUT2D eigenvalue weighted by atomic mass is 32.1. The molecule has 0 aromatic carbocycles. The van der Waals surface area contributed by atoms with Crippen molar-refractivity contribution in [2.75, 3.05) is 19.6 Å². The molecule has 27 heavy (non-hydrogen) atoms. The summed E-state index contributed by atoms with van der Waals surface area (Å²) in [4.78, 5) is 24.0. The smallest absolute Gasteiger partial charge is 0.251 e. The minimum Gasteiger partial charge on any atom is -0.354 e. The van der Waals surface area contributed by atoms with Crippen LogP contribution in [0.4, 0.5) is 0 Å². The molecule has 146 valence electrons. The lowest BCUT2D eigenvalue weighted by Gasteiger charge is -2.45. The zero-order chi connectivity index (χ0) is 18.9. The number of carbonyl (C=O) groups is 1. The Kier molecular flexibility index (Phi) is 5.29. The molecule has 1 amide bonds. The molecule has 1 atom stereocenters. The molecule has 1 fully saturated rings. The van der Waals surface area contributed by atoms with Gasteiger partial charge in [0, 0.05) is 43.6 Å². The molecule has 1 N–H and O–H groups in total. The Hall–Kier alpha value is -1.77. The van der Waals surface area contributed by atoms with Crippen LogP contribution in [-0.4, -0.2) is 51.1 Å². The van der Waals surface area contributed by atoms with Crippen LogP contribution < -0.4 is 5.32 Å². The number of fused-ring (bicyclic) bond motifs is 2. The summed E-state index contributed by atoms with van der Waals surface area (Å²) in [6, 6.07) is 0. The van der Waals surface area contributed by atoms with Gasteiger partial charge in [0.05, 0.1) is 13.1 Å². The SMILES string of the molecule is CC(C)CNC(=O)[C@H]1Cn2ccnc2C2(CCN(Cc3nccs3)CC2)O1. The molecule has 7 nitrogen and oxygen atoms in total. The first-order valence-corrected chi connectivity index (χ1v) is 10.5. The number of imidazole rings is 1. The second kappa shape index (κ2) is 7.69. The summed E-state index contributed by atoms with van der Waals surface area (Å²) in [6.45, 7) is 8.08. The minimum atomic E-state index is -0.471. The first-order valence-electron chi connectivity index (χ1n) is 9.63. The lowest BCUT2D eigenvalue weighted by Crippen LogP contribution is -2.54. The Morgan fingerprint density at radius 1 is 1.37 bits per heavy atom. The first-order chi connectivity index (χ1) is 13.1. The fourth-order valence-electron chi connectivity index (χ4n) is 3.89. The van der Waals surface area contributed by atoms with E-state index in [2.05, 4.69) is 38.6 Å². The number of amides is 1. The average Bonchev–Trinajstić information content (AvgIpc) is 3.33. The first kappa shape index (κ1) is 18.6. The topological polar surface area (TPSA) is 72.3 Å². The fraction of sp³-hybridized carbons (Fsp3) is 0.632. The maximum atomic E-state index is 12.6. The second-order valence-corrected chi connectivity index (χ2v) is 8.82. The van der Waals surface area contributed by atoms with Crippen LogP contribution in [0.3, 0.4) is 0 Å². The molecule has 0 saturated carbocycles. The average molecular weight is 390 g/mol. The normalized spacial score (nSPS) is 22.1. The van der Waals surface area contributed by atoms with Gasteiger partial charge < -0.3 is 14.6 Å². The molecular formula is C19H27N5O2S. The van der Waals surface area contributed by atoms with E-state index in [9.17, 15) is 4.79 Å². The van der Waals surface area contributed by atoms with Crippen molar-refractivity contribution in [1.29, 1.82) is 0 Å². The van der Waals surface area contributed by atoms with Crippen molar-refractivity contribution < 1.29 is 9.53 Å². The van der Waals surface area contributed by atoms with Gasteiger partial charge in [0.2, 0.25) is 0 Å².